The van der Waals surface area contributed by atoms with Crippen LogP contribution in [0.4, 0.5) is 0 Å². The molecule has 0 aromatic heterocycles. The highest BCUT2D eigenvalue weighted by molar-refractivity contribution is 5.58. The van der Waals surface area contributed by atoms with Gasteiger partial charge in [-0.3, -0.25) is 0 Å². The summed E-state index contributed by atoms with van der Waals surface area (Å²) in [4.78, 5) is 0. The largest absolute Gasteiger partial charge is 0.453 e. The zero-order valence-corrected chi connectivity index (χ0v) is 11.2. The molecule has 1 aromatic rings. The lowest BCUT2D eigenvalue weighted by molar-refractivity contribution is 0.170. The van der Waals surface area contributed by atoms with E-state index in [9.17, 15) is 0 Å². The Bertz CT molecular complexity index is 476. The van der Waals surface area contributed by atoms with Gasteiger partial charge < -0.3 is 15.2 Å². The summed E-state index contributed by atoms with van der Waals surface area (Å²) in [5.74, 6) is 1.79. The quantitative estimate of drug-likeness (QED) is 0.829. The van der Waals surface area contributed by atoms with Gasteiger partial charge in [0.1, 0.15) is 0 Å². The maximum Gasteiger partial charge on any atom is 0.231 e. The Morgan fingerprint density at radius 2 is 1.72 bits per heavy atom. The SMILES string of the molecule is Cc1cc(C2(N)CCCCC2)c2c(c1C)OCO2. The monoisotopic (exact) mass is 247 g/mol. The average Bonchev–Trinajstić information content (AvgIpc) is 2.84. The summed E-state index contributed by atoms with van der Waals surface area (Å²) < 4.78 is 11.3. The van der Waals surface area contributed by atoms with E-state index in [1.165, 1.54) is 30.4 Å². The maximum absolute atomic E-state index is 6.64. The molecule has 2 N–H and O–H groups in total. The second kappa shape index (κ2) is 4.16. The van der Waals surface area contributed by atoms with Crippen molar-refractivity contribution in [2.24, 2.45) is 5.73 Å². The van der Waals surface area contributed by atoms with E-state index >= 15 is 0 Å². The van der Waals surface area contributed by atoms with Crippen LogP contribution < -0.4 is 15.2 Å². The average molecular weight is 247 g/mol. The van der Waals surface area contributed by atoms with E-state index < -0.39 is 0 Å². The molecule has 3 heteroatoms. The summed E-state index contributed by atoms with van der Waals surface area (Å²) in [5, 5.41) is 0. The normalized spacial score (nSPS) is 21.1. The molecule has 0 atom stereocenters. The first-order valence-electron chi connectivity index (χ1n) is 6.81. The van der Waals surface area contributed by atoms with Crippen LogP contribution in [0.2, 0.25) is 0 Å². The molecule has 0 bridgehead atoms. The fourth-order valence-electron chi connectivity index (χ4n) is 3.15. The Kier molecular flexibility index (Phi) is 2.74. The molecule has 1 heterocycles. The molecule has 0 unspecified atom stereocenters. The molecular weight excluding hydrogens is 226 g/mol. The molecule has 1 aliphatic heterocycles. The van der Waals surface area contributed by atoms with Crippen LogP contribution in [0.5, 0.6) is 11.5 Å². The lowest BCUT2D eigenvalue weighted by Crippen LogP contribution is -2.38. The van der Waals surface area contributed by atoms with Gasteiger partial charge in [0, 0.05) is 11.1 Å². The first-order chi connectivity index (χ1) is 8.62. The number of fused-ring (bicyclic) bond motifs is 1. The molecule has 0 amide bonds. The smallest absolute Gasteiger partial charge is 0.231 e. The van der Waals surface area contributed by atoms with Crippen molar-refractivity contribution in [2.75, 3.05) is 6.79 Å². The van der Waals surface area contributed by atoms with Crippen LogP contribution in [0.15, 0.2) is 6.07 Å². The number of hydrogen-bond donors (Lipinski definition) is 1. The summed E-state index contributed by atoms with van der Waals surface area (Å²) in [7, 11) is 0. The van der Waals surface area contributed by atoms with Crippen LogP contribution in [0.1, 0.15) is 48.8 Å². The van der Waals surface area contributed by atoms with Gasteiger partial charge in [-0.2, -0.15) is 0 Å². The van der Waals surface area contributed by atoms with Crippen molar-refractivity contribution in [1.82, 2.24) is 0 Å². The molecule has 1 fully saturated rings. The van der Waals surface area contributed by atoms with E-state index in [2.05, 4.69) is 19.9 Å². The lowest BCUT2D eigenvalue weighted by atomic mass is 9.76. The van der Waals surface area contributed by atoms with Gasteiger partial charge in [-0.25, -0.2) is 0 Å². The highest BCUT2D eigenvalue weighted by Crippen LogP contribution is 2.47. The van der Waals surface area contributed by atoms with Crippen LogP contribution in [0.3, 0.4) is 0 Å². The van der Waals surface area contributed by atoms with Crippen LogP contribution in [-0.4, -0.2) is 6.79 Å². The molecule has 1 aromatic carbocycles. The van der Waals surface area contributed by atoms with Gasteiger partial charge in [-0.05, 0) is 43.9 Å². The molecule has 0 spiro atoms. The summed E-state index contributed by atoms with van der Waals surface area (Å²) >= 11 is 0. The van der Waals surface area contributed by atoms with Gasteiger partial charge in [-0.1, -0.05) is 19.3 Å². The van der Waals surface area contributed by atoms with Crippen molar-refractivity contribution in [3.05, 3.63) is 22.8 Å². The highest BCUT2D eigenvalue weighted by atomic mass is 16.7. The predicted molar refractivity (Wildman–Crippen MR) is 71.0 cm³/mol. The van der Waals surface area contributed by atoms with E-state index in [1.807, 2.05) is 0 Å². The third-order valence-electron chi connectivity index (χ3n) is 4.43. The van der Waals surface area contributed by atoms with E-state index in [1.54, 1.807) is 0 Å². The summed E-state index contributed by atoms with van der Waals surface area (Å²) in [6, 6.07) is 2.20. The van der Waals surface area contributed by atoms with Crippen LogP contribution >= 0.6 is 0 Å². The van der Waals surface area contributed by atoms with Crippen molar-refractivity contribution >= 4 is 0 Å². The van der Waals surface area contributed by atoms with Crippen molar-refractivity contribution in [3.63, 3.8) is 0 Å². The zero-order valence-electron chi connectivity index (χ0n) is 11.2. The van der Waals surface area contributed by atoms with Gasteiger partial charge in [0.15, 0.2) is 11.5 Å². The fraction of sp³-hybridized carbons (Fsp3) is 0.600. The van der Waals surface area contributed by atoms with Crippen LogP contribution in [0, 0.1) is 13.8 Å². The number of nitrogens with two attached hydrogens (primary N) is 1. The first-order valence-corrected chi connectivity index (χ1v) is 6.81. The van der Waals surface area contributed by atoms with Crippen molar-refractivity contribution in [1.29, 1.82) is 0 Å². The Labute approximate surface area is 108 Å². The Morgan fingerprint density at radius 3 is 2.44 bits per heavy atom. The molecule has 18 heavy (non-hydrogen) atoms. The van der Waals surface area contributed by atoms with E-state index in [0.717, 1.165) is 29.9 Å². The standard InChI is InChI=1S/C15H21NO2/c1-10-8-12(15(16)6-4-3-5-7-15)14-13(11(10)2)17-9-18-14/h8H,3-7,9,16H2,1-2H3. The molecule has 3 rings (SSSR count). The number of benzene rings is 1. The third-order valence-corrected chi connectivity index (χ3v) is 4.43. The lowest BCUT2D eigenvalue weighted by Gasteiger charge is -2.35. The van der Waals surface area contributed by atoms with Crippen molar-refractivity contribution in [3.8, 4) is 11.5 Å². The Balaban J connectivity index is 2.12. The minimum atomic E-state index is -0.228. The number of aryl methyl sites for hydroxylation is 1. The minimum absolute atomic E-state index is 0.228. The molecular formula is C15H21NO2. The molecule has 0 radical (unpaired) electrons. The van der Waals surface area contributed by atoms with Crippen LogP contribution in [-0.2, 0) is 5.54 Å². The maximum atomic E-state index is 6.64. The molecule has 2 aliphatic rings. The molecule has 0 saturated heterocycles. The van der Waals surface area contributed by atoms with Gasteiger partial charge in [0.05, 0.1) is 0 Å². The molecule has 1 saturated carbocycles. The minimum Gasteiger partial charge on any atom is -0.453 e. The Morgan fingerprint density at radius 1 is 1.06 bits per heavy atom. The molecule has 98 valence electrons. The third kappa shape index (κ3) is 1.69. The van der Waals surface area contributed by atoms with Crippen molar-refractivity contribution < 1.29 is 9.47 Å². The van der Waals surface area contributed by atoms with Gasteiger partial charge >= 0.3 is 0 Å². The van der Waals surface area contributed by atoms with Gasteiger partial charge in [0.2, 0.25) is 6.79 Å². The zero-order chi connectivity index (χ0) is 12.8. The molecule has 1 aliphatic carbocycles. The van der Waals surface area contributed by atoms with Gasteiger partial charge in [-0.15, -0.1) is 0 Å². The second-order valence-corrected chi connectivity index (χ2v) is 5.65. The second-order valence-electron chi connectivity index (χ2n) is 5.65. The van der Waals surface area contributed by atoms with E-state index in [4.69, 9.17) is 15.2 Å². The topological polar surface area (TPSA) is 44.5 Å². The summed E-state index contributed by atoms with van der Waals surface area (Å²) in [6.07, 6.45) is 5.80. The van der Waals surface area contributed by atoms with Crippen molar-refractivity contribution in [2.45, 2.75) is 51.5 Å². The Hall–Kier alpha value is -1.22. The predicted octanol–water partition coefficient (Wildman–Crippen LogP) is 3.15. The number of hydrogen-bond acceptors (Lipinski definition) is 3. The number of rotatable bonds is 1. The first kappa shape index (κ1) is 11.8. The molecule has 3 nitrogen and oxygen atoms in total. The number of ether oxygens (including phenoxy) is 2. The van der Waals surface area contributed by atoms with E-state index in [0.29, 0.717) is 6.79 Å². The van der Waals surface area contributed by atoms with Crippen LogP contribution in [0.25, 0.3) is 0 Å². The summed E-state index contributed by atoms with van der Waals surface area (Å²) in [5.41, 5.74) is 9.97. The summed E-state index contributed by atoms with van der Waals surface area (Å²) in [6.45, 7) is 4.52. The highest BCUT2D eigenvalue weighted by Gasteiger charge is 2.36. The van der Waals surface area contributed by atoms with E-state index in [-0.39, 0.29) is 5.54 Å². The van der Waals surface area contributed by atoms with Gasteiger partial charge in [0.25, 0.3) is 0 Å². The fourth-order valence-corrected chi connectivity index (χ4v) is 3.15.